The lowest BCUT2D eigenvalue weighted by atomic mass is 10.0. The van der Waals surface area contributed by atoms with Crippen molar-refractivity contribution >= 4 is 33.4 Å². The molecule has 1 N–H and O–H groups in total. The molecule has 2 rings (SSSR count). The minimum absolute atomic E-state index is 0.00287. The predicted octanol–water partition coefficient (Wildman–Crippen LogP) is 2.63. The van der Waals surface area contributed by atoms with Gasteiger partial charge in [0.1, 0.15) is 11.6 Å². The fourth-order valence-electron chi connectivity index (χ4n) is 1.75. The van der Waals surface area contributed by atoms with Crippen LogP contribution in [0.1, 0.15) is 18.0 Å². The van der Waals surface area contributed by atoms with Gasteiger partial charge in [-0.2, -0.15) is 0 Å². The Kier molecular flexibility index (Phi) is 3.71. The number of fused-ring (bicyclic) bond motifs is 1. The molecule has 1 aromatic rings. The molecule has 3 nitrogen and oxygen atoms in total. The van der Waals surface area contributed by atoms with Gasteiger partial charge in [-0.05, 0) is 12.1 Å². The van der Waals surface area contributed by atoms with Crippen LogP contribution < -0.4 is 10.1 Å². The molecule has 0 fully saturated rings. The van der Waals surface area contributed by atoms with Gasteiger partial charge in [0, 0.05) is 16.5 Å². The zero-order valence-corrected chi connectivity index (χ0v) is 10.8. The number of ether oxygens (including phenoxy) is 1. The van der Waals surface area contributed by atoms with E-state index in [1.54, 1.807) is 0 Å². The zero-order valence-electron chi connectivity index (χ0n) is 8.50. The molecule has 1 aliphatic heterocycles. The number of rotatable bonds is 2. The maximum atomic E-state index is 11.3. The summed E-state index contributed by atoms with van der Waals surface area (Å²) in [5, 5.41) is 2.88. The van der Waals surface area contributed by atoms with E-state index in [1.165, 1.54) is 0 Å². The predicted molar refractivity (Wildman–Crippen MR) is 65.9 cm³/mol. The van der Waals surface area contributed by atoms with Crippen LogP contribution in [0.15, 0.2) is 22.7 Å². The number of benzene rings is 1. The second-order valence-corrected chi connectivity index (χ2v) is 4.76. The van der Waals surface area contributed by atoms with Crippen molar-refractivity contribution in [2.45, 2.75) is 12.5 Å². The average Bonchev–Trinajstić information content (AvgIpc) is 2.28. The molecule has 1 heterocycles. The lowest BCUT2D eigenvalue weighted by Gasteiger charge is -2.26. The van der Waals surface area contributed by atoms with Crippen molar-refractivity contribution in [2.24, 2.45) is 0 Å². The van der Waals surface area contributed by atoms with Gasteiger partial charge in [0.05, 0.1) is 12.6 Å². The lowest BCUT2D eigenvalue weighted by molar-refractivity contribution is -0.119. The summed E-state index contributed by atoms with van der Waals surface area (Å²) in [5.74, 6) is 0.659. The summed E-state index contributed by atoms with van der Waals surface area (Å²) in [6.45, 7) is 0.608. The number of carbonyl (C=O) groups is 1. The van der Waals surface area contributed by atoms with E-state index < -0.39 is 0 Å². The topological polar surface area (TPSA) is 38.3 Å². The number of amides is 1. The Morgan fingerprint density at radius 2 is 2.44 bits per heavy atom. The molecule has 0 saturated heterocycles. The van der Waals surface area contributed by atoms with Crippen LogP contribution in [0.2, 0.25) is 0 Å². The van der Waals surface area contributed by atoms with Gasteiger partial charge in [-0.25, -0.2) is 0 Å². The van der Waals surface area contributed by atoms with Crippen molar-refractivity contribution in [1.29, 1.82) is 0 Å². The Balaban J connectivity index is 2.23. The molecule has 0 spiro atoms. The van der Waals surface area contributed by atoms with Gasteiger partial charge in [0.15, 0.2) is 0 Å². The van der Waals surface area contributed by atoms with E-state index in [0.29, 0.717) is 6.61 Å². The zero-order chi connectivity index (χ0) is 11.5. The Hall–Kier alpha value is -0.740. The highest BCUT2D eigenvalue weighted by Gasteiger charge is 2.22. The summed E-state index contributed by atoms with van der Waals surface area (Å²) in [4.78, 5) is 11.3. The third-order valence-corrected chi connectivity index (χ3v) is 3.21. The Labute approximate surface area is 107 Å². The normalized spacial score (nSPS) is 18.5. The number of nitrogens with one attached hydrogen (secondary N) is 1. The van der Waals surface area contributed by atoms with Crippen molar-refractivity contribution in [3.8, 4) is 5.75 Å². The third-order valence-electron chi connectivity index (χ3n) is 2.47. The Morgan fingerprint density at radius 1 is 1.62 bits per heavy atom. The molecule has 1 atom stereocenters. The summed E-state index contributed by atoms with van der Waals surface area (Å²) in [6, 6.07) is 5.81. The smallest absolute Gasteiger partial charge is 0.235 e. The van der Waals surface area contributed by atoms with E-state index in [0.717, 1.165) is 22.2 Å². The average molecular weight is 305 g/mol. The monoisotopic (exact) mass is 303 g/mol. The maximum absolute atomic E-state index is 11.3. The van der Waals surface area contributed by atoms with Crippen LogP contribution in [-0.4, -0.2) is 18.4 Å². The van der Waals surface area contributed by atoms with Crippen LogP contribution in [0.25, 0.3) is 0 Å². The van der Waals surface area contributed by atoms with E-state index in [4.69, 9.17) is 16.3 Å². The van der Waals surface area contributed by atoms with Crippen molar-refractivity contribution in [3.05, 3.63) is 28.2 Å². The van der Waals surface area contributed by atoms with Crippen molar-refractivity contribution in [1.82, 2.24) is 5.32 Å². The molecule has 1 unspecified atom stereocenters. The summed E-state index contributed by atoms with van der Waals surface area (Å²) >= 11 is 8.86. The summed E-state index contributed by atoms with van der Waals surface area (Å²) in [5.41, 5.74) is 1.01. The van der Waals surface area contributed by atoms with E-state index >= 15 is 0 Å². The molecule has 0 bridgehead atoms. The van der Waals surface area contributed by atoms with Gasteiger partial charge in [0.2, 0.25) is 5.91 Å². The summed E-state index contributed by atoms with van der Waals surface area (Å²) in [7, 11) is 0. The molecule has 1 aromatic carbocycles. The Bertz CT molecular complexity index is 411. The lowest BCUT2D eigenvalue weighted by Crippen LogP contribution is -2.32. The van der Waals surface area contributed by atoms with Crippen LogP contribution in [0, 0.1) is 0 Å². The molecular formula is C11H11BrClNO2. The Morgan fingerprint density at radius 3 is 3.19 bits per heavy atom. The highest BCUT2D eigenvalue weighted by atomic mass is 79.9. The van der Waals surface area contributed by atoms with Gasteiger partial charge in [-0.1, -0.05) is 22.0 Å². The molecule has 16 heavy (non-hydrogen) atoms. The summed E-state index contributed by atoms with van der Waals surface area (Å²) in [6.07, 6.45) is 0.775. The highest BCUT2D eigenvalue weighted by Crippen LogP contribution is 2.33. The largest absolute Gasteiger partial charge is 0.493 e. The van der Waals surface area contributed by atoms with Crippen LogP contribution >= 0.6 is 27.5 Å². The maximum Gasteiger partial charge on any atom is 0.235 e. The number of carbonyl (C=O) groups excluding carboxylic acids is 1. The van der Waals surface area contributed by atoms with E-state index in [1.807, 2.05) is 18.2 Å². The van der Waals surface area contributed by atoms with Gasteiger partial charge in [0.25, 0.3) is 0 Å². The SMILES string of the molecule is O=C(CCl)NC1CCOc2cc(Br)ccc21. The second-order valence-electron chi connectivity index (χ2n) is 3.57. The molecule has 0 radical (unpaired) electrons. The highest BCUT2D eigenvalue weighted by molar-refractivity contribution is 9.10. The quantitative estimate of drug-likeness (QED) is 0.853. The van der Waals surface area contributed by atoms with E-state index in [9.17, 15) is 4.79 Å². The van der Waals surface area contributed by atoms with Gasteiger partial charge >= 0.3 is 0 Å². The molecule has 0 aliphatic carbocycles. The first-order valence-corrected chi connectivity index (χ1v) is 6.31. The van der Waals surface area contributed by atoms with Gasteiger partial charge < -0.3 is 10.1 Å². The minimum atomic E-state index is -0.151. The minimum Gasteiger partial charge on any atom is -0.493 e. The van der Waals surface area contributed by atoms with Crippen molar-refractivity contribution in [2.75, 3.05) is 12.5 Å². The standard InChI is InChI=1S/C11H11BrClNO2/c12-7-1-2-8-9(14-11(15)6-13)3-4-16-10(8)5-7/h1-2,5,9H,3-4,6H2,(H,14,15). The molecule has 86 valence electrons. The number of hydrogen-bond donors (Lipinski definition) is 1. The number of halogens is 2. The molecule has 5 heteroatoms. The van der Waals surface area contributed by atoms with Gasteiger partial charge in [-0.3, -0.25) is 4.79 Å². The number of hydrogen-bond acceptors (Lipinski definition) is 2. The van der Waals surface area contributed by atoms with Crippen LogP contribution in [0.4, 0.5) is 0 Å². The number of alkyl halides is 1. The third kappa shape index (κ3) is 2.50. The molecule has 1 amide bonds. The summed E-state index contributed by atoms with van der Waals surface area (Å²) < 4.78 is 6.50. The fourth-order valence-corrected chi connectivity index (χ4v) is 2.16. The van der Waals surface area contributed by atoms with Crippen LogP contribution in [0.5, 0.6) is 5.75 Å². The van der Waals surface area contributed by atoms with E-state index in [2.05, 4.69) is 21.2 Å². The van der Waals surface area contributed by atoms with Crippen molar-refractivity contribution in [3.63, 3.8) is 0 Å². The fraction of sp³-hybridized carbons (Fsp3) is 0.364. The second kappa shape index (κ2) is 5.06. The van der Waals surface area contributed by atoms with E-state index in [-0.39, 0.29) is 17.8 Å². The molecule has 0 aromatic heterocycles. The first-order valence-electron chi connectivity index (χ1n) is 4.98. The van der Waals surface area contributed by atoms with Gasteiger partial charge in [-0.15, -0.1) is 11.6 Å². The first-order chi connectivity index (χ1) is 7.70. The molecule has 1 aliphatic rings. The first kappa shape index (κ1) is 11.7. The van der Waals surface area contributed by atoms with Crippen molar-refractivity contribution < 1.29 is 9.53 Å². The molecular weight excluding hydrogens is 293 g/mol. The van der Waals surface area contributed by atoms with Crippen LogP contribution in [-0.2, 0) is 4.79 Å². The van der Waals surface area contributed by atoms with Crippen LogP contribution in [0.3, 0.4) is 0 Å². The molecule has 0 saturated carbocycles.